The standard InChI is InChI=1S/C31H40N2O5/c1-4-7-8-19-37-25-17-13-23(14-18-25)29(34)27-28(22-11-15-24(16-12-22)32(5-2)6-3)33(31(36)30(27)35)21-26-10-9-20-38-26/h11-18,26,28,34H,4-10,19-21H2,1-3H3/b29-27-. The number of ether oxygens (including phenoxy) is 2. The van der Waals surface area contributed by atoms with Crippen molar-refractivity contribution in [2.24, 2.45) is 0 Å². The van der Waals surface area contributed by atoms with Crippen molar-refractivity contribution in [3.8, 4) is 5.75 Å². The van der Waals surface area contributed by atoms with Crippen molar-refractivity contribution in [2.45, 2.75) is 65.0 Å². The van der Waals surface area contributed by atoms with E-state index in [0.717, 1.165) is 56.4 Å². The molecular weight excluding hydrogens is 480 g/mol. The van der Waals surface area contributed by atoms with Crippen molar-refractivity contribution in [1.29, 1.82) is 0 Å². The van der Waals surface area contributed by atoms with Gasteiger partial charge in [-0.2, -0.15) is 0 Å². The third-order valence-electron chi connectivity index (χ3n) is 7.45. The van der Waals surface area contributed by atoms with Gasteiger partial charge in [0.2, 0.25) is 0 Å². The molecule has 2 aliphatic rings. The van der Waals surface area contributed by atoms with Crippen LogP contribution < -0.4 is 9.64 Å². The Balaban J connectivity index is 1.67. The van der Waals surface area contributed by atoms with E-state index in [1.807, 2.05) is 24.3 Å². The number of hydrogen-bond acceptors (Lipinski definition) is 6. The van der Waals surface area contributed by atoms with Gasteiger partial charge in [-0.05, 0) is 75.1 Å². The van der Waals surface area contributed by atoms with Crippen LogP contribution in [0.5, 0.6) is 5.75 Å². The van der Waals surface area contributed by atoms with E-state index < -0.39 is 17.7 Å². The van der Waals surface area contributed by atoms with Crippen LogP contribution in [0.2, 0.25) is 0 Å². The monoisotopic (exact) mass is 520 g/mol. The first-order valence-corrected chi connectivity index (χ1v) is 14.0. The number of benzene rings is 2. The van der Waals surface area contributed by atoms with Crippen LogP contribution in [0.3, 0.4) is 0 Å². The SMILES string of the molecule is CCCCCOc1ccc(/C(O)=C2/C(=O)C(=O)N(CC3CCCO3)C2c2ccc(N(CC)CC)cc2)cc1. The summed E-state index contributed by atoms with van der Waals surface area (Å²) in [6.45, 7) is 9.73. The summed E-state index contributed by atoms with van der Waals surface area (Å²) >= 11 is 0. The number of anilines is 1. The Labute approximate surface area is 226 Å². The number of aliphatic hydroxyl groups is 1. The molecule has 7 heteroatoms. The van der Waals surface area contributed by atoms with Gasteiger partial charge in [0.25, 0.3) is 11.7 Å². The number of likely N-dealkylation sites (tertiary alicyclic amines) is 1. The van der Waals surface area contributed by atoms with Gasteiger partial charge < -0.3 is 24.4 Å². The van der Waals surface area contributed by atoms with Crippen LogP contribution in [0, 0.1) is 0 Å². The lowest BCUT2D eigenvalue weighted by molar-refractivity contribution is -0.140. The topological polar surface area (TPSA) is 79.3 Å². The van der Waals surface area contributed by atoms with Crippen molar-refractivity contribution in [3.05, 3.63) is 65.2 Å². The molecule has 0 spiro atoms. The number of nitrogens with zero attached hydrogens (tertiary/aromatic N) is 2. The third kappa shape index (κ3) is 6.04. The van der Waals surface area contributed by atoms with Crippen LogP contribution in [0.4, 0.5) is 5.69 Å². The maximum absolute atomic E-state index is 13.3. The van der Waals surface area contributed by atoms with E-state index in [1.54, 1.807) is 29.2 Å². The number of carbonyl (C=O) groups excluding carboxylic acids is 2. The molecule has 2 atom stereocenters. The van der Waals surface area contributed by atoms with E-state index in [-0.39, 0.29) is 17.4 Å². The number of unbranched alkanes of at least 4 members (excludes halogenated alkanes) is 2. The van der Waals surface area contributed by atoms with Gasteiger partial charge in [0, 0.05) is 37.5 Å². The van der Waals surface area contributed by atoms with E-state index in [2.05, 4.69) is 25.7 Å². The van der Waals surface area contributed by atoms with Crippen molar-refractivity contribution >= 4 is 23.1 Å². The van der Waals surface area contributed by atoms with E-state index in [9.17, 15) is 14.7 Å². The van der Waals surface area contributed by atoms with Gasteiger partial charge in [-0.1, -0.05) is 31.9 Å². The smallest absolute Gasteiger partial charge is 0.295 e. The number of hydrogen-bond donors (Lipinski definition) is 1. The largest absolute Gasteiger partial charge is 0.507 e. The first kappa shape index (κ1) is 27.7. The van der Waals surface area contributed by atoms with Crippen molar-refractivity contribution in [3.63, 3.8) is 0 Å². The molecule has 2 saturated heterocycles. The zero-order valence-electron chi connectivity index (χ0n) is 22.8. The zero-order chi connectivity index (χ0) is 27.1. The highest BCUT2D eigenvalue weighted by molar-refractivity contribution is 6.46. The normalized spacial score (nSPS) is 20.8. The quantitative estimate of drug-likeness (QED) is 0.167. The average molecular weight is 521 g/mol. The van der Waals surface area contributed by atoms with Crippen molar-refractivity contribution in [1.82, 2.24) is 4.90 Å². The predicted molar refractivity (Wildman–Crippen MR) is 149 cm³/mol. The summed E-state index contributed by atoms with van der Waals surface area (Å²) in [6, 6.07) is 14.3. The average Bonchev–Trinajstić information content (AvgIpc) is 3.55. The fourth-order valence-corrected chi connectivity index (χ4v) is 5.29. The molecule has 1 N–H and O–H groups in total. The first-order chi connectivity index (χ1) is 18.5. The maximum Gasteiger partial charge on any atom is 0.295 e. The molecule has 0 aliphatic carbocycles. The molecule has 0 saturated carbocycles. The van der Waals surface area contributed by atoms with Crippen LogP contribution in [-0.2, 0) is 14.3 Å². The summed E-state index contributed by atoms with van der Waals surface area (Å²) in [5.41, 5.74) is 2.45. The fraction of sp³-hybridized carbons (Fsp3) is 0.484. The number of Topliss-reactive ketones (excluding diaryl/α,β-unsaturated/α-hetero) is 1. The van der Waals surface area contributed by atoms with Crippen LogP contribution in [0.1, 0.15) is 70.0 Å². The molecular formula is C31H40N2O5. The number of amides is 1. The molecule has 4 rings (SSSR count). The third-order valence-corrected chi connectivity index (χ3v) is 7.45. The molecule has 0 bridgehead atoms. The molecule has 38 heavy (non-hydrogen) atoms. The van der Waals surface area contributed by atoms with E-state index in [4.69, 9.17) is 9.47 Å². The van der Waals surface area contributed by atoms with Gasteiger partial charge in [0.05, 0.1) is 24.3 Å². The summed E-state index contributed by atoms with van der Waals surface area (Å²) in [5.74, 6) is -0.734. The van der Waals surface area contributed by atoms with E-state index >= 15 is 0 Å². The molecule has 1 amide bonds. The van der Waals surface area contributed by atoms with Gasteiger partial charge >= 0.3 is 0 Å². The maximum atomic E-state index is 13.3. The Kier molecular flexibility index (Phi) is 9.45. The van der Waals surface area contributed by atoms with Crippen molar-refractivity contribution in [2.75, 3.05) is 37.7 Å². The Bertz CT molecular complexity index is 1120. The molecule has 2 fully saturated rings. The zero-order valence-corrected chi connectivity index (χ0v) is 22.8. The highest BCUT2D eigenvalue weighted by Gasteiger charge is 2.47. The number of carbonyl (C=O) groups is 2. The highest BCUT2D eigenvalue weighted by atomic mass is 16.5. The van der Waals surface area contributed by atoms with Gasteiger partial charge in [-0.15, -0.1) is 0 Å². The van der Waals surface area contributed by atoms with Crippen LogP contribution in [-0.4, -0.2) is 60.6 Å². The summed E-state index contributed by atoms with van der Waals surface area (Å²) in [7, 11) is 0. The lowest BCUT2D eigenvalue weighted by atomic mass is 9.95. The minimum atomic E-state index is -0.685. The number of ketones is 1. The second-order valence-electron chi connectivity index (χ2n) is 9.93. The summed E-state index contributed by atoms with van der Waals surface area (Å²) in [4.78, 5) is 30.4. The van der Waals surface area contributed by atoms with Gasteiger partial charge in [-0.25, -0.2) is 0 Å². The molecule has 2 aromatic rings. The molecule has 0 radical (unpaired) electrons. The molecule has 2 aliphatic heterocycles. The number of aliphatic hydroxyl groups excluding tert-OH is 1. The second kappa shape index (κ2) is 13.0. The molecule has 7 nitrogen and oxygen atoms in total. The fourth-order valence-electron chi connectivity index (χ4n) is 5.29. The number of rotatable bonds is 12. The van der Waals surface area contributed by atoms with Crippen LogP contribution >= 0.6 is 0 Å². The molecule has 204 valence electrons. The Morgan fingerprint density at radius 2 is 1.74 bits per heavy atom. The summed E-state index contributed by atoms with van der Waals surface area (Å²) in [6.07, 6.45) is 4.89. The molecule has 2 unspecified atom stereocenters. The minimum Gasteiger partial charge on any atom is -0.507 e. The van der Waals surface area contributed by atoms with Gasteiger partial charge in [-0.3, -0.25) is 9.59 Å². The van der Waals surface area contributed by atoms with Crippen LogP contribution in [0.15, 0.2) is 54.1 Å². The van der Waals surface area contributed by atoms with E-state index in [0.29, 0.717) is 31.1 Å². The second-order valence-corrected chi connectivity index (χ2v) is 9.93. The van der Waals surface area contributed by atoms with Crippen molar-refractivity contribution < 1.29 is 24.2 Å². The summed E-state index contributed by atoms with van der Waals surface area (Å²) in [5, 5.41) is 11.4. The Morgan fingerprint density at radius 3 is 2.34 bits per heavy atom. The predicted octanol–water partition coefficient (Wildman–Crippen LogP) is 5.70. The Hall–Kier alpha value is -3.32. The minimum absolute atomic E-state index is 0.111. The lowest BCUT2D eigenvalue weighted by Gasteiger charge is -2.28. The first-order valence-electron chi connectivity index (χ1n) is 14.0. The van der Waals surface area contributed by atoms with Crippen LogP contribution in [0.25, 0.3) is 5.76 Å². The Morgan fingerprint density at radius 1 is 1.03 bits per heavy atom. The van der Waals surface area contributed by atoms with Gasteiger partial charge in [0.15, 0.2) is 0 Å². The van der Waals surface area contributed by atoms with Gasteiger partial charge in [0.1, 0.15) is 11.5 Å². The summed E-state index contributed by atoms with van der Waals surface area (Å²) < 4.78 is 11.6. The molecule has 2 aromatic carbocycles. The van der Waals surface area contributed by atoms with E-state index in [1.165, 1.54) is 0 Å². The highest BCUT2D eigenvalue weighted by Crippen LogP contribution is 2.40. The molecule has 0 aromatic heterocycles. The molecule has 2 heterocycles. The lowest BCUT2D eigenvalue weighted by Crippen LogP contribution is -2.36.